The van der Waals surface area contributed by atoms with E-state index in [2.05, 4.69) is 15.6 Å². The minimum Gasteiger partial charge on any atom is -0.376 e. The third-order valence-corrected chi connectivity index (χ3v) is 5.62. The highest BCUT2D eigenvalue weighted by Crippen LogP contribution is 2.27. The van der Waals surface area contributed by atoms with Crippen molar-refractivity contribution in [1.82, 2.24) is 14.7 Å². The Balaban J connectivity index is 1.33. The van der Waals surface area contributed by atoms with Crippen LogP contribution in [0.5, 0.6) is 0 Å². The second-order valence-electron chi connectivity index (χ2n) is 7.84. The van der Waals surface area contributed by atoms with E-state index in [-0.39, 0.29) is 18.0 Å². The van der Waals surface area contributed by atoms with E-state index in [4.69, 9.17) is 4.74 Å². The van der Waals surface area contributed by atoms with Crippen molar-refractivity contribution in [2.45, 2.75) is 18.9 Å². The van der Waals surface area contributed by atoms with E-state index in [0.29, 0.717) is 12.2 Å². The van der Waals surface area contributed by atoms with Crippen LogP contribution in [0.3, 0.4) is 0 Å². The molecule has 1 atom stereocenters. The number of anilines is 1. The topological polar surface area (TPSA) is 67.7 Å². The predicted octanol–water partition coefficient (Wildman–Crippen LogP) is 5.11. The van der Waals surface area contributed by atoms with Crippen LogP contribution in [-0.2, 0) is 4.74 Å². The molecule has 2 N–H and O–H groups in total. The number of hydrogen-bond donors (Lipinski definition) is 2. The number of pyridine rings is 1. The van der Waals surface area contributed by atoms with Crippen molar-refractivity contribution in [2.24, 2.45) is 0 Å². The lowest BCUT2D eigenvalue weighted by Crippen LogP contribution is -2.35. The molecule has 2 amide bonds. The maximum Gasteiger partial charge on any atom is 0.319 e. The Morgan fingerprint density at radius 3 is 2.78 bits per heavy atom. The van der Waals surface area contributed by atoms with Gasteiger partial charge in [-0.25, -0.2) is 14.2 Å². The van der Waals surface area contributed by atoms with Gasteiger partial charge in [0.15, 0.2) is 0 Å². The number of carbonyl (C=O) groups is 1. The number of carbonyl (C=O) groups excluding carboxylic acids is 1. The molecule has 0 spiro atoms. The maximum atomic E-state index is 13.2. The first kappa shape index (κ1) is 20.2. The molecule has 0 bridgehead atoms. The van der Waals surface area contributed by atoms with Gasteiger partial charge in [-0.15, -0.1) is 0 Å². The number of halogens is 1. The second-order valence-corrected chi connectivity index (χ2v) is 7.84. The summed E-state index contributed by atoms with van der Waals surface area (Å²) in [6, 6.07) is 17.8. The molecule has 0 radical (unpaired) electrons. The first-order valence-corrected chi connectivity index (χ1v) is 10.7. The molecular weight excluding hydrogens is 407 g/mol. The van der Waals surface area contributed by atoms with Gasteiger partial charge in [-0.1, -0.05) is 24.3 Å². The van der Waals surface area contributed by atoms with Gasteiger partial charge in [-0.2, -0.15) is 0 Å². The molecule has 0 aliphatic carbocycles. The molecule has 6 nitrogen and oxygen atoms in total. The summed E-state index contributed by atoms with van der Waals surface area (Å²) in [5, 5.41) is 5.75. The highest BCUT2D eigenvalue weighted by Gasteiger charge is 2.16. The number of rotatable bonds is 5. The number of benzene rings is 2. The highest BCUT2D eigenvalue weighted by molar-refractivity contribution is 5.90. The zero-order valence-electron chi connectivity index (χ0n) is 17.4. The second kappa shape index (κ2) is 8.80. The largest absolute Gasteiger partial charge is 0.376 e. The Labute approximate surface area is 185 Å². The van der Waals surface area contributed by atoms with Crippen LogP contribution < -0.4 is 10.6 Å². The predicted molar refractivity (Wildman–Crippen MR) is 122 cm³/mol. The Bertz CT molecular complexity index is 1250. The Morgan fingerprint density at radius 2 is 1.97 bits per heavy atom. The summed E-state index contributed by atoms with van der Waals surface area (Å²) in [6.07, 6.45) is 5.88. The fourth-order valence-electron chi connectivity index (χ4n) is 3.96. The first-order chi connectivity index (χ1) is 15.7. The van der Waals surface area contributed by atoms with E-state index in [1.54, 1.807) is 18.3 Å². The average molecular weight is 430 g/mol. The van der Waals surface area contributed by atoms with Crippen LogP contribution in [-0.4, -0.2) is 34.7 Å². The number of ether oxygens (including phenoxy) is 1. The lowest BCUT2D eigenvalue weighted by molar-refractivity contribution is 0.112. The van der Waals surface area contributed by atoms with Crippen molar-refractivity contribution < 1.29 is 13.9 Å². The molecule has 4 aromatic rings. The van der Waals surface area contributed by atoms with Gasteiger partial charge >= 0.3 is 6.03 Å². The Morgan fingerprint density at radius 1 is 1.09 bits per heavy atom. The molecule has 7 heteroatoms. The van der Waals surface area contributed by atoms with Crippen molar-refractivity contribution in [2.75, 3.05) is 18.5 Å². The lowest BCUT2D eigenvalue weighted by atomic mass is 10.1. The van der Waals surface area contributed by atoms with Gasteiger partial charge in [0.05, 0.1) is 18.0 Å². The lowest BCUT2D eigenvalue weighted by Gasteiger charge is -2.12. The van der Waals surface area contributed by atoms with Crippen LogP contribution in [0.15, 0.2) is 73.1 Å². The highest BCUT2D eigenvalue weighted by atomic mass is 19.1. The van der Waals surface area contributed by atoms with Crippen molar-refractivity contribution in [3.63, 3.8) is 0 Å². The molecule has 5 rings (SSSR count). The summed E-state index contributed by atoms with van der Waals surface area (Å²) in [6.45, 7) is 1.27. The van der Waals surface area contributed by atoms with E-state index in [0.717, 1.165) is 47.5 Å². The Kier molecular flexibility index (Phi) is 5.56. The zero-order valence-corrected chi connectivity index (χ0v) is 17.4. The van der Waals surface area contributed by atoms with Crippen LogP contribution in [0.2, 0.25) is 0 Å². The molecule has 162 valence electrons. The van der Waals surface area contributed by atoms with Crippen molar-refractivity contribution in [3.8, 4) is 22.4 Å². The van der Waals surface area contributed by atoms with Crippen LogP contribution in [0.1, 0.15) is 12.8 Å². The molecule has 1 aliphatic rings. The van der Waals surface area contributed by atoms with Crippen LogP contribution in [0.25, 0.3) is 28.0 Å². The summed E-state index contributed by atoms with van der Waals surface area (Å²) in [5.74, 6) is -0.257. The van der Waals surface area contributed by atoms with Gasteiger partial charge in [0.25, 0.3) is 0 Å². The minimum absolute atomic E-state index is 0.102. The fourth-order valence-corrected chi connectivity index (χ4v) is 3.96. The quantitative estimate of drug-likeness (QED) is 0.462. The van der Waals surface area contributed by atoms with Crippen molar-refractivity contribution >= 4 is 17.4 Å². The SMILES string of the molecule is O=C(NCC1CCCO1)Nc1cccc(-c2cnc3cc(-c4ccc(F)cc4)ccn23)c1. The minimum atomic E-state index is -0.257. The fraction of sp³-hybridized carbons (Fsp3) is 0.200. The maximum absolute atomic E-state index is 13.2. The number of fused-ring (bicyclic) bond motifs is 1. The van der Waals surface area contributed by atoms with Crippen molar-refractivity contribution in [1.29, 1.82) is 0 Å². The summed E-state index contributed by atoms with van der Waals surface area (Å²) < 4.78 is 20.7. The number of hydrogen-bond acceptors (Lipinski definition) is 3. The van der Waals surface area contributed by atoms with E-state index < -0.39 is 0 Å². The van der Waals surface area contributed by atoms with Crippen LogP contribution in [0, 0.1) is 5.82 Å². The molecule has 1 aliphatic heterocycles. The number of urea groups is 1. The van der Waals surface area contributed by atoms with E-state index in [1.165, 1.54) is 12.1 Å². The van der Waals surface area contributed by atoms with E-state index in [9.17, 15) is 9.18 Å². The van der Waals surface area contributed by atoms with Crippen LogP contribution >= 0.6 is 0 Å². The van der Waals surface area contributed by atoms with Gasteiger partial charge in [0.2, 0.25) is 0 Å². The number of nitrogens with one attached hydrogen (secondary N) is 2. The standard InChI is InChI=1S/C25H23FN4O2/c26-20-8-6-17(7-9-20)18-10-11-30-23(16-27-24(30)14-18)19-3-1-4-21(13-19)29-25(31)28-15-22-5-2-12-32-22/h1,3-4,6-11,13-14,16,22H,2,5,12,15H2,(H2,28,29,31). The molecule has 1 saturated heterocycles. The zero-order chi connectivity index (χ0) is 21.9. The van der Waals surface area contributed by atoms with Gasteiger partial charge in [0.1, 0.15) is 11.5 Å². The van der Waals surface area contributed by atoms with Gasteiger partial charge in [-0.3, -0.25) is 4.40 Å². The molecule has 0 saturated carbocycles. The van der Waals surface area contributed by atoms with Gasteiger partial charge in [0, 0.05) is 30.6 Å². The van der Waals surface area contributed by atoms with Crippen LogP contribution in [0.4, 0.5) is 14.9 Å². The van der Waals surface area contributed by atoms with Crippen molar-refractivity contribution in [3.05, 3.63) is 78.9 Å². The summed E-state index contributed by atoms with van der Waals surface area (Å²) in [5.41, 5.74) is 5.23. The third-order valence-electron chi connectivity index (χ3n) is 5.62. The smallest absolute Gasteiger partial charge is 0.319 e. The molecular formula is C25H23FN4O2. The summed E-state index contributed by atoms with van der Waals surface area (Å²) in [7, 11) is 0. The van der Waals surface area contributed by atoms with Gasteiger partial charge < -0.3 is 15.4 Å². The average Bonchev–Trinajstić information content (AvgIpc) is 3.48. The number of imidazole rings is 1. The number of amides is 2. The summed E-state index contributed by atoms with van der Waals surface area (Å²) in [4.78, 5) is 16.8. The number of nitrogens with zero attached hydrogens (tertiary/aromatic N) is 2. The van der Waals surface area contributed by atoms with E-state index in [1.807, 2.05) is 47.0 Å². The monoisotopic (exact) mass is 430 g/mol. The molecule has 1 fully saturated rings. The first-order valence-electron chi connectivity index (χ1n) is 10.7. The van der Waals surface area contributed by atoms with E-state index >= 15 is 0 Å². The Hall–Kier alpha value is -3.71. The number of aromatic nitrogens is 2. The normalized spacial score (nSPS) is 15.7. The molecule has 2 aromatic heterocycles. The van der Waals surface area contributed by atoms with Gasteiger partial charge in [-0.05, 0) is 60.4 Å². The molecule has 1 unspecified atom stereocenters. The molecule has 3 heterocycles. The summed E-state index contributed by atoms with van der Waals surface area (Å²) >= 11 is 0. The third kappa shape index (κ3) is 4.33. The molecule has 2 aromatic carbocycles. The molecule has 32 heavy (non-hydrogen) atoms.